The summed E-state index contributed by atoms with van der Waals surface area (Å²) in [7, 11) is 3.57. The van der Waals surface area contributed by atoms with Gasteiger partial charge in [-0.25, -0.2) is 0 Å². The second-order valence-electron chi connectivity index (χ2n) is 13.7. The molecule has 7 rings (SSSR count). The van der Waals surface area contributed by atoms with Crippen molar-refractivity contribution in [1.82, 2.24) is 20.0 Å². The summed E-state index contributed by atoms with van der Waals surface area (Å²) in [6.45, 7) is 6.29. The van der Waals surface area contributed by atoms with E-state index in [2.05, 4.69) is 50.8 Å². The lowest BCUT2D eigenvalue weighted by Crippen LogP contribution is -2.66. The van der Waals surface area contributed by atoms with Crippen molar-refractivity contribution in [3.8, 4) is 5.75 Å². The van der Waals surface area contributed by atoms with E-state index in [-0.39, 0.29) is 17.9 Å². The molecule has 2 aromatic carbocycles. The summed E-state index contributed by atoms with van der Waals surface area (Å²) in [5.41, 5.74) is 3.76. The number of ether oxygens (including phenoxy) is 1. The number of rotatable bonds is 7. The molecule has 2 saturated heterocycles. The summed E-state index contributed by atoms with van der Waals surface area (Å²) in [6, 6.07) is 16.8. The van der Waals surface area contributed by atoms with Crippen LogP contribution in [0.1, 0.15) is 67.3 Å². The van der Waals surface area contributed by atoms with Crippen LogP contribution in [-0.2, 0) is 11.3 Å². The second kappa shape index (κ2) is 13.1. The molecule has 4 heterocycles. The Bertz CT molecular complexity index is 1500. The average Bonchev–Trinajstić information content (AvgIpc) is 3.56. The maximum atomic E-state index is 13.4. The van der Waals surface area contributed by atoms with Gasteiger partial charge in [0.2, 0.25) is 5.91 Å². The highest BCUT2D eigenvalue weighted by Gasteiger charge is 2.49. The third-order valence-electron chi connectivity index (χ3n) is 10.8. The zero-order valence-electron chi connectivity index (χ0n) is 27.3. The summed E-state index contributed by atoms with van der Waals surface area (Å²) in [5, 5.41) is 6.92. The number of aliphatic imine (C=N–C) groups is 1. The average molecular weight is 627 g/mol. The number of guanidine groups is 1. The van der Waals surface area contributed by atoms with Gasteiger partial charge in [0.05, 0.1) is 25.9 Å². The summed E-state index contributed by atoms with van der Waals surface area (Å²) in [6.07, 6.45) is 8.27. The van der Waals surface area contributed by atoms with Crippen molar-refractivity contribution >= 4 is 23.5 Å². The Morgan fingerprint density at radius 1 is 1.00 bits per heavy atom. The van der Waals surface area contributed by atoms with E-state index in [1.54, 1.807) is 7.11 Å². The molecular formula is C36H48N7O3+. The molecule has 0 bridgehead atoms. The first-order valence-corrected chi connectivity index (χ1v) is 17.2. The fourth-order valence-corrected chi connectivity index (χ4v) is 7.86. The van der Waals surface area contributed by atoms with Crippen molar-refractivity contribution in [3.05, 3.63) is 71.2 Å². The molecule has 2 aromatic rings. The molecule has 2 N–H and O–H groups in total. The number of benzene rings is 2. The van der Waals surface area contributed by atoms with Crippen LogP contribution in [0.3, 0.4) is 0 Å². The molecule has 4 aliphatic heterocycles. The highest BCUT2D eigenvalue weighted by atomic mass is 16.5. The molecule has 1 spiro atoms. The number of methoxy groups -OCH3 is 1. The van der Waals surface area contributed by atoms with Gasteiger partial charge in [0.1, 0.15) is 18.0 Å². The number of piperidine rings is 1. The van der Waals surface area contributed by atoms with Crippen molar-refractivity contribution in [2.75, 3.05) is 58.7 Å². The maximum Gasteiger partial charge on any atom is 0.309 e. The minimum atomic E-state index is -0.0687. The molecular weight excluding hydrogens is 578 g/mol. The van der Waals surface area contributed by atoms with E-state index in [0.717, 1.165) is 94.5 Å². The number of hydrogen-bond donors (Lipinski definition) is 2. The zero-order valence-corrected chi connectivity index (χ0v) is 27.3. The van der Waals surface area contributed by atoms with Crippen LogP contribution in [0.5, 0.6) is 5.75 Å². The molecule has 0 unspecified atom stereocenters. The number of likely N-dealkylation sites (tertiary alicyclic amines) is 1. The Morgan fingerprint density at radius 3 is 2.46 bits per heavy atom. The van der Waals surface area contributed by atoms with Crippen molar-refractivity contribution < 1.29 is 18.8 Å². The minimum absolute atomic E-state index is 0.0687. The van der Waals surface area contributed by atoms with Crippen LogP contribution in [0.2, 0.25) is 0 Å². The van der Waals surface area contributed by atoms with Gasteiger partial charge in [-0.15, -0.1) is 0 Å². The smallest absolute Gasteiger partial charge is 0.309 e. The van der Waals surface area contributed by atoms with Crippen molar-refractivity contribution in [3.63, 3.8) is 0 Å². The van der Waals surface area contributed by atoms with E-state index in [1.165, 1.54) is 18.4 Å². The molecule has 1 saturated carbocycles. The number of carbonyl (C=O) groups excluding carboxylic acids is 2. The van der Waals surface area contributed by atoms with Gasteiger partial charge in [-0.3, -0.25) is 24.3 Å². The third-order valence-corrected chi connectivity index (χ3v) is 10.8. The number of amides is 2. The SMILES string of the molecule is COc1cc(C(=O)NC2CCN(Cc3ccccc3)CC2)ccc1NC1=NC2=C(C[N+]13CCC3)N(C)C(=O)CCN2C1CCCC1. The van der Waals surface area contributed by atoms with Crippen molar-refractivity contribution in [1.29, 1.82) is 0 Å². The number of quaternary nitrogens is 1. The lowest BCUT2D eigenvalue weighted by Gasteiger charge is -2.48. The first-order chi connectivity index (χ1) is 22.4. The third kappa shape index (κ3) is 6.12. The van der Waals surface area contributed by atoms with E-state index in [1.807, 2.05) is 30.1 Å². The lowest BCUT2D eigenvalue weighted by atomic mass is 10.0. The predicted octanol–water partition coefficient (Wildman–Crippen LogP) is 4.37. The topological polar surface area (TPSA) is 89.5 Å². The Balaban J connectivity index is 1.06. The van der Waals surface area contributed by atoms with Gasteiger partial charge < -0.3 is 19.9 Å². The van der Waals surface area contributed by atoms with Crippen LogP contribution in [0.4, 0.5) is 5.69 Å². The Hall–Kier alpha value is -3.89. The van der Waals surface area contributed by atoms with Crippen LogP contribution < -0.4 is 15.4 Å². The summed E-state index contributed by atoms with van der Waals surface area (Å²) >= 11 is 0. The fourth-order valence-electron chi connectivity index (χ4n) is 7.86. The summed E-state index contributed by atoms with van der Waals surface area (Å²) in [4.78, 5) is 38.5. The zero-order chi connectivity index (χ0) is 31.7. The molecule has 3 fully saturated rings. The van der Waals surface area contributed by atoms with Crippen LogP contribution in [0.25, 0.3) is 0 Å². The Morgan fingerprint density at radius 2 is 1.76 bits per heavy atom. The van der Waals surface area contributed by atoms with Gasteiger partial charge >= 0.3 is 5.96 Å². The van der Waals surface area contributed by atoms with E-state index in [9.17, 15) is 9.59 Å². The highest BCUT2D eigenvalue weighted by Crippen LogP contribution is 2.38. The van der Waals surface area contributed by atoms with Crippen LogP contribution in [0, 0.1) is 0 Å². The highest BCUT2D eigenvalue weighted by molar-refractivity contribution is 5.97. The van der Waals surface area contributed by atoms with Gasteiger partial charge in [-0.05, 0) is 49.4 Å². The van der Waals surface area contributed by atoms with E-state index < -0.39 is 0 Å². The fraction of sp³-hybridized carbons (Fsp3) is 0.528. The number of anilines is 1. The molecule has 10 heteroatoms. The van der Waals surface area contributed by atoms with Gasteiger partial charge in [-0.1, -0.05) is 43.2 Å². The number of hydrogen-bond acceptors (Lipinski definition) is 7. The van der Waals surface area contributed by atoms with Crippen LogP contribution in [0.15, 0.2) is 65.0 Å². The summed E-state index contributed by atoms with van der Waals surface area (Å²) < 4.78 is 6.53. The molecule has 46 heavy (non-hydrogen) atoms. The monoisotopic (exact) mass is 626 g/mol. The number of carbonyl (C=O) groups is 2. The predicted molar refractivity (Wildman–Crippen MR) is 179 cm³/mol. The Labute approximate surface area is 272 Å². The molecule has 0 atom stereocenters. The van der Waals surface area contributed by atoms with E-state index in [0.29, 0.717) is 34.8 Å². The molecule has 0 aromatic heterocycles. The molecule has 2 amide bonds. The standard InChI is InChI=1S/C36H47N7O3/c1-40-31-25-43(21-8-22-43)36(39-34(31)42(20-17-33(40)44)29-11-6-7-12-29)38-30-14-13-27(23-32(30)46-2)35(45)37-28-15-18-41(19-16-28)24-26-9-4-3-5-10-26/h3-5,9-10,13-14,23,28-29H,6-8,11-12,15-22,24-25H2,1-2H3,(H-,37,38,39,45)/p+1. The number of likely N-dealkylation sites (N-methyl/N-ethyl adjacent to an activating group) is 1. The van der Waals surface area contributed by atoms with E-state index in [4.69, 9.17) is 9.73 Å². The van der Waals surface area contributed by atoms with Gasteiger partial charge in [0.15, 0.2) is 5.82 Å². The normalized spacial score (nSPS) is 22.3. The quantitative estimate of drug-likeness (QED) is 0.444. The van der Waals surface area contributed by atoms with E-state index >= 15 is 0 Å². The molecule has 5 aliphatic rings. The molecule has 244 valence electrons. The molecule has 10 nitrogen and oxygen atoms in total. The van der Waals surface area contributed by atoms with Gasteiger partial charge in [0.25, 0.3) is 5.91 Å². The molecule has 1 aliphatic carbocycles. The molecule has 0 radical (unpaired) electrons. The van der Waals surface area contributed by atoms with Crippen molar-refractivity contribution in [2.24, 2.45) is 4.99 Å². The minimum Gasteiger partial charge on any atom is -0.495 e. The number of nitrogens with one attached hydrogen (secondary N) is 2. The Kier molecular flexibility index (Phi) is 8.74. The summed E-state index contributed by atoms with van der Waals surface area (Å²) in [5.74, 6) is 2.57. The largest absolute Gasteiger partial charge is 0.495 e. The first kappa shape index (κ1) is 30.7. The van der Waals surface area contributed by atoms with Crippen molar-refractivity contribution in [2.45, 2.75) is 70.0 Å². The maximum absolute atomic E-state index is 13.4. The first-order valence-electron chi connectivity index (χ1n) is 17.2. The lowest BCUT2D eigenvalue weighted by molar-refractivity contribution is -0.878. The second-order valence-corrected chi connectivity index (χ2v) is 13.7. The van der Waals surface area contributed by atoms with Gasteiger partial charge in [-0.2, -0.15) is 4.99 Å². The number of nitrogens with zero attached hydrogens (tertiary/aromatic N) is 5. The van der Waals surface area contributed by atoms with Crippen LogP contribution in [-0.4, -0.2) is 102 Å². The van der Waals surface area contributed by atoms with Gasteiger partial charge in [0, 0.05) is 63.7 Å². The van der Waals surface area contributed by atoms with Crippen LogP contribution >= 0.6 is 0 Å².